The average molecular weight is 456 g/mol. The molecule has 5 aromatic rings. The van der Waals surface area contributed by atoms with Crippen LogP contribution in [0.25, 0.3) is 38.6 Å². The van der Waals surface area contributed by atoms with Crippen LogP contribution in [0.2, 0.25) is 0 Å². The number of unbranched alkanes of at least 4 members (excludes halogenated alkanes) is 3. The Bertz CT molecular complexity index is 1460. The standard InChI is InChI=1S/C28H26FN3O2/c1-2-3-4-5-6-25-27(18-7-9-19(10-8-18)28(33)34)23-16-24-20(17-30-31-24)15-26(23)32(25)22-13-11-21(29)12-14-22/h7-17H,2-6H2,1H3,(H,30,31)(H,33,34). The van der Waals surface area contributed by atoms with E-state index in [-0.39, 0.29) is 11.4 Å². The van der Waals surface area contributed by atoms with E-state index in [2.05, 4.69) is 33.8 Å². The van der Waals surface area contributed by atoms with Crippen LogP contribution in [0.5, 0.6) is 0 Å². The van der Waals surface area contributed by atoms with Crippen LogP contribution in [0, 0.1) is 5.82 Å². The Kier molecular flexibility index (Phi) is 5.88. The molecule has 34 heavy (non-hydrogen) atoms. The summed E-state index contributed by atoms with van der Waals surface area (Å²) in [5, 5.41) is 18.7. The fourth-order valence-electron chi connectivity index (χ4n) is 4.72. The predicted octanol–water partition coefficient (Wildman–Crippen LogP) is 7.13. The van der Waals surface area contributed by atoms with Crippen molar-refractivity contribution in [2.75, 3.05) is 0 Å². The maximum atomic E-state index is 13.8. The lowest BCUT2D eigenvalue weighted by molar-refractivity contribution is 0.0697. The first-order valence-corrected chi connectivity index (χ1v) is 11.7. The predicted molar refractivity (Wildman–Crippen MR) is 133 cm³/mol. The van der Waals surface area contributed by atoms with Gasteiger partial charge in [-0.05, 0) is 66.9 Å². The molecule has 0 saturated carbocycles. The van der Waals surface area contributed by atoms with Gasteiger partial charge in [-0.15, -0.1) is 0 Å². The van der Waals surface area contributed by atoms with Crippen LogP contribution in [0.15, 0.2) is 66.9 Å². The average Bonchev–Trinajstić information content (AvgIpc) is 3.42. The van der Waals surface area contributed by atoms with Crippen molar-refractivity contribution < 1.29 is 14.3 Å². The summed E-state index contributed by atoms with van der Waals surface area (Å²) in [7, 11) is 0. The van der Waals surface area contributed by atoms with Gasteiger partial charge in [-0.3, -0.25) is 5.10 Å². The molecule has 0 bridgehead atoms. The fourth-order valence-corrected chi connectivity index (χ4v) is 4.72. The summed E-state index contributed by atoms with van der Waals surface area (Å²) in [6.45, 7) is 2.20. The number of aromatic amines is 1. The second kappa shape index (κ2) is 9.14. The number of rotatable bonds is 8. The number of hydrogen-bond acceptors (Lipinski definition) is 2. The van der Waals surface area contributed by atoms with Crippen molar-refractivity contribution >= 4 is 27.8 Å². The van der Waals surface area contributed by atoms with Gasteiger partial charge in [0.15, 0.2) is 0 Å². The molecule has 0 aliphatic heterocycles. The first-order valence-electron chi connectivity index (χ1n) is 11.7. The molecule has 6 heteroatoms. The maximum Gasteiger partial charge on any atom is 0.335 e. The number of aromatic carboxylic acids is 1. The minimum absolute atomic E-state index is 0.256. The third-order valence-corrected chi connectivity index (χ3v) is 6.40. The molecule has 3 aromatic carbocycles. The van der Waals surface area contributed by atoms with Gasteiger partial charge in [0.05, 0.1) is 22.8 Å². The molecule has 5 rings (SSSR count). The van der Waals surface area contributed by atoms with Crippen LogP contribution >= 0.6 is 0 Å². The number of hydrogen-bond donors (Lipinski definition) is 2. The molecule has 2 heterocycles. The molecule has 5 nitrogen and oxygen atoms in total. The van der Waals surface area contributed by atoms with Gasteiger partial charge in [-0.2, -0.15) is 5.10 Å². The first-order chi connectivity index (χ1) is 16.6. The summed E-state index contributed by atoms with van der Waals surface area (Å²) in [6, 6.07) is 17.8. The summed E-state index contributed by atoms with van der Waals surface area (Å²) >= 11 is 0. The number of benzene rings is 3. The molecular formula is C28H26FN3O2. The lowest BCUT2D eigenvalue weighted by atomic mass is 9.97. The number of carbonyl (C=O) groups is 1. The van der Waals surface area contributed by atoms with Crippen molar-refractivity contribution in [3.63, 3.8) is 0 Å². The fraction of sp³-hybridized carbons (Fsp3) is 0.214. The third kappa shape index (κ3) is 3.96. The number of nitrogens with zero attached hydrogens (tertiary/aromatic N) is 2. The van der Waals surface area contributed by atoms with Crippen LogP contribution < -0.4 is 0 Å². The normalized spacial score (nSPS) is 11.5. The van der Waals surface area contributed by atoms with Gasteiger partial charge in [-0.25, -0.2) is 9.18 Å². The molecule has 172 valence electrons. The summed E-state index contributed by atoms with van der Waals surface area (Å²) in [4.78, 5) is 11.4. The monoisotopic (exact) mass is 455 g/mol. The Hall–Kier alpha value is -3.93. The van der Waals surface area contributed by atoms with Gasteiger partial charge < -0.3 is 9.67 Å². The molecule has 0 atom stereocenters. The highest BCUT2D eigenvalue weighted by atomic mass is 19.1. The summed E-state index contributed by atoms with van der Waals surface area (Å²) in [5.74, 6) is -1.22. The third-order valence-electron chi connectivity index (χ3n) is 6.40. The summed E-state index contributed by atoms with van der Waals surface area (Å²) in [5.41, 5.74) is 6.28. The second-order valence-electron chi connectivity index (χ2n) is 8.65. The van der Waals surface area contributed by atoms with E-state index in [1.165, 1.54) is 18.6 Å². The molecule has 0 aliphatic rings. The van der Waals surface area contributed by atoms with Gasteiger partial charge in [0, 0.05) is 27.7 Å². The molecule has 2 aromatic heterocycles. The largest absolute Gasteiger partial charge is 0.478 e. The lowest BCUT2D eigenvalue weighted by Crippen LogP contribution is -2.02. The smallest absolute Gasteiger partial charge is 0.335 e. The molecule has 0 saturated heterocycles. The molecule has 0 aliphatic carbocycles. The quantitative estimate of drug-likeness (QED) is 0.244. The van der Waals surface area contributed by atoms with E-state index in [1.807, 2.05) is 12.1 Å². The van der Waals surface area contributed by atoms with Crippen LogP contribution in [0.3, 0.4) is 0 Å². The van der Waals surface area contributed by atoms with Crippen molar-refractivity contribution in [2.24, 2.45) is 0 Å². The Labute approximate surface area is 196 Å². The number of carboxylic acid groups (broad SMARTS) is 1. The van der Waals surface area contributed by atoms with E-state index in [0.717, 1.165) is 70.0 Å². The first kappa shape index (κ1) is 21.9. The van der Waals surface area contributed by atoms with Crippen molar-refractivity contribution in [1.82, 2.24) is 14.8 Å². The topological polar surface area (TPSA) is 70.9 Å². The second-order valence-corrected chi connectivity index (χ2v) is 8.65. The van der Waals surface area contributed by atoms with Crippen molar-refractivity contribution in [1.29, 1.82) is 0 Å². The lowest BCUT2D eigenvalue weighted by Gasteiger charge is -2.13. The highest BCUT2D eigenvalue weighted by Gasteiger charge is 2.21. The zero-order chi connectivity index (χ0) is 23.7. The van der Waals surface area contributed by atoms with Crippen molar-refractivity contribution in [2.45, 2.75) is 39.0 Å². The van der Waals surface area contributed by atoms with E-state index in [0.29, 0.717) is 0 Å². The van der Waals surface area contributed by atoms with Gasteiger partial charge in [0.1, 0.15) is 5.82 Å². The number of aromatic nitrogens is 3. The molecule has 2 N–H and O–H groups in total. The zero-order valence-electron chi connectivity index (χ0n) is 19.0. The highest BCUT2D eigenvalue weighted by Crippen LogP contribution is 2.39. The molecule has 0 fully saturated rings. The van der Waals surface area contributed by atoms with Gasteiger partial charge >= 0.3 is 5.97 Å². The number of H-pyrrole nitrogens is 1. The zero-order valence-corrected chi connectivity index (χ0v) is 19.0. The highest BCUT2D eigenvalue weighted by molar-refractivity contribution is 6.05. The summed E-state index contributed by atoms with van der Waals surface area (Å²) in [6.07, 6.45) is 7.15. The van der Waals surface area contributed by atoms with Crippen LogP contribution in [0.4, 0.5) is 4.39 Å². The van der Waals surface area contributed by atoms with E-state index < -0.39 is 5.97 Å². The maximum absolute atomic E-state index is 13.8. The van der Waals surface area contributed by atoms with E-state index in [9.17, 15) is 14.3 Å². The Morgan fingerprint density at radius 1 is 1.03 bits per heavy atom. The van der Waals surface area contributed by atoms with E-state index in [4.69, 9.17) is 0 Å². The van der Waals surface area contributed by atoms with Gasteiger partial charge in [0.25, 0.3) is 0 Å². The molecular weight excluding hydrogens is 429 g/mol. The number of carboxylic acids is 1. The van der Waals surface area contributed by atoms with Crippen LogP contribution in [0.1, 0.15) is 48.7 Å². The number of fused-ring (bicyclic) bond motifs is 2. The van der Waals surface area contributed by atoms with E-state index >= 15 is 0 Å². The number of nitrogens with one attached hydrogen (secondary N) is 1. The summed E-state index contributed by atoms with van der Waals surface area (Å²) < 4.78 is 16.0. The minimum atomic E-state index is -0.945. The van der Waals surface area contributed by atoms with Crippen molar-refractivity contribution in [3.8, 4) is 16.8 Å². The van der Waals surface area contributed by atoms with E-state index in [1.54, 1.807) is 30.5 Å². The number of halogens is 1. The van der Waals surface area contributed by atoms with Crippen LogP contribution in [-0.4, -0.2) is 25.8 Å². The SMILES string of the molecule is CCCCCCc1c(-c2ccc(C(=O)O)cc2)c2cc3[nH]ncc3cc2n1-c1ccc(F)cc1. The molecule has 0 unspecified atom stereocenters. The Morgan fingerprint density at radius 2 is 1.79 bits per heavy atom. The Balaban J connectivity index is 1.79. The van der Waals surface area contributed by atoms with Gasteiger partial charge in [-0.1, -0.05) is 38.3 Å². The molecule has 0 amide bonds. The van der Waals surface area contributed by atoms with Crippen LogP contribution in [-0.2, 0) is 6.42 Å². The van der Waals surface area contributed by atoms with Gasteiger partial charge in [0.2, 0.25) is 0 Å². The Morgan fingerprint density at radius 3 is 2.50 bits per heavy atom. The minimum Gasteiger partial charge on any atom is -0.478 e. The molecule has 0 radical (unpaired) electrons. The molecule has 0 spiro atoms. The van der Waals surface area contributed by atoms with Crippen molar-refractivity contribution in [3.05, 3.63) is 83.9 Å².